The molecule has 0 saturated carbocycles. The number of carbonyl (C=O) groups excluding carboxylic acids is 1. The molecule has 1 aromatic heterocycles. The van der Waals surface area contributed by atoms with Crippen molar-refractivity contribution in [3.05, 3.63) is 41.1 Å². The third-order valence-corrected chi connectivity index (χ3v) is 6.72. The molecule has 1 amide bonds. The fraction of sp³-hybridized carbons (Fsp3) is 0.450. The van der Waals surface area contributed by atoms with Crippen molar-refractivity contribution in [3.63, 3.8) is 0 Å². The van der Waals surface area contributed by atoms with Crippen LogP contribution in [0.2, 0.25) is 0 Å². The summed E-state index contributed by atoms with van der Waals surface area (Å²) in [5.74, 6) is -2.97. The molecular weight excluding hydrogens is 443 g/mol. The molecule has 174 valence electrons. The van der Waals surface area contributed by atoms with E-state index in [1.54, 1.807) is 0 Å². The standard InChI is InChI=1S/C20H25FN4O6S/c1-25(2)20(6-8-31-9-7-20)19-23-15(16(26)18(28)24-19)17(27)22-11-12-4-5-13(21)10-14(12)32(3,29)30/h4-5,10,26H,6-9,11H2,1-3H3,(H,22,27)(H,23,24,28). The van der Waals surface area contributed by atoms with E-state index in [0.29, 0.717) is 26.1 Å². The average Bonchev–Trinajstić information content (AvgIpc) is 2.74. The summed E-state index contributed by atoms with van der Waals surface area (Å²) >= 11 is 0. The number of benzene rings is 1. The van der Waals surface area contributed by atoms with Gasteiger partial charge in [0, 0.05) is 26.0 Å². The van der Waals surface area contributed by atoms with Gasteiger partial charge in [-0.05, 0) is 44.6 Å². The van der Waals surface area contributed by atoms with Gasteiger partial charge < -0.3 is 20.3 Å². The van der Waals surface area contributed by atoms with E-state index in [9.17, 15) is 27.8 Å². The lowest BCUT2D eigenvalue weighted by Crippen LogP contribution is -2.47. The number of hydrogen-bond donors (Lipinski definition) is 3. The zero-order valence-corrected chi connectivity index (χ0v) is 18.7. The maximum absolute atomic E-state index is 13.5. The van der Waals surface area contributed by atoms with Crippen LogP contribution >= 0.6 is 0 Å². The van der Waals surface area contributed by atoms with Crippen LogP contribution in [0.5, 0.6) is 11.6 Å². The Morgan fingerprint density at radius 3 is 2.50 bits per heavy atom. The van der Waals surface area contributed by atoms with Gasteiger partial charge in [-0.15, -0.1) is 0 Å². The third-order valence-electron chi connectivity index (χ3n) is 5.54. The summed E-state index contributed by atoms with van der Waals surface area (Å²) in [5.41, 5.74) is -1.00. The number of amides is 1. The van der Waals surface area contributed by atoms with Crippen molar-refractivity contribution in [1.82, 2.24) is 20.2 Å². The first kappa shape index (κ1) is 23.8. The molecule has 0 unspecified atom stereocenters. The van der Waals surface area contributed by atoms with Crippen molar-refractivity contribution in [3.8, 4) is 11.6 Å². The summed E-state index contributed by atoms with van der Waals surface area (Å²) in [6, 6.07) is 3.20. The molecule has 0 spiro atoms. The summed E-state index contributed by atoms with van der Waals surface area (Å²) in [6.45, 7) is 0.598. The average molecular weight is 469 g/mol. The number of rotatable bonds is 6. The zero-order valence-electron chi connectivity index (χ0n) is 17.9. The summed E-state index contributed by atoms with van der Waals surface area (Å²) in [4.78, 5) is 22.6. The van der Waals surface area contributed by atoms with Crippen molar-refractivity contribution < 1.29 is 32.6 Å². The lowest BCUT2D eigenvalue weighted by Gasteiger charge is -2.41. The fourth-order valence-corrected chi connectivity index (χ4v) is 4.61. The molecule has 2 heterocycles. The van der Waals surface area contributed by atoms with Crippen molar-refractivity contribution >= 4 is 15.7 Å². The Morgan fingerprint density at radius 1 is 1.25 bits per heavy atom. The Morgan fingerprint density at radius 2 is 1.91 bits per heavy atom. The van der Waals surface area contributed by atoms with E-state index in [4.69, 9.17) is 4.74 Å². The summed E-state index contributed by atoms with van der Waals surface area (Å²) < 4.78 is 42.8. The van der Waals surface area contributed by atoms with Gasteiger partial charge in [-0.3, -0.25) is 9.69 Å². The zero-order chi connectivity index (χ0) is 23.7. The topological polar surface area (TPSA) is 142 Å². The number of ether oxygens (including phenoxy) is 1. The second-order valence-corrected chi connectivity index (χ2v) is 9.80. The molecule has 1 fully saturated rings. The van der Waals surface area contributed by atoms with Crippen molar-refractivity contribution in [2.45, 2.75) is 29.8 Å². The maximum atomic E-state index is 13.5. The first-order chi connectivity index (χ1) is 15.0. The second-order valence-electron chi connectivity index (χ2n) is 7.81. The SMILES string of the molecule is CN(C)C1(c2nc(O)c(O)c(C(=O)NCc3ccc(F)cc3S(C)(=O)=O)n2)CCOCC1. The van der Waals surface area contributed by atoms with E-state index in [-0.39, 0.29) is 22.8 Å². The Balaban J connectivity index is 1.93. The Labute approximate surface area is 185 Å². The van der Waals surface area contributed by atoms with Gasteiger partial charge in [-0.1, -0.05) is 6.07 Å². The van der Waals surface area contributed by atoms with Crippen molar-refractivity contribution in [2.24, 2.45) is 0 Å². The summed E-state index contributed by atoms with van der Waals surface area (Å²) in [5, 5.41) is 22.8. The van der Waals surface area contributed by atoms with Gasteiger partial charge in [0.15, 0.2) is 21.4 Å². The lowest BCUT2D eigenvalue weighted by molar-refractivity contribution is -0.0156. The molecular formula is C20H25FN4O6S. The highest BCUT2D eigenvalue weighted by molar-refractivity contribution is 7.90. The fourth-order valence-electron chi connectivity index (χ4n) is 3.67. The molecule has 0 atom stereocenters. The molecule has 1 aliphatic rings. The van der Waals surface area contributed by atoms with Gasteiger partial charge >= 0.3 is 0 Å². The minimum Gasteiger partial charge on any atom is -0.501 e. The smallest absolute Gasteiger partial charge is 0.274 e. The van der Waals surface area contributed by atoms with Crippen LogP contribution in [0, 0.1) is 5.82 Å². The molecule has 3 rings (SSSR count). The molecule has 3 N–H and O–H groups in total. The highest BCUT2D eigenvalue weighted by atomic mass is 32.2. The van der Waals surface area contributed by atoms with Gasteiger partial charge in [0.1, 0.15) is 5.82 Å². The van der Waals surface area contributed by atoms with Gasteiger partial charge in [0.2, 0.25) is 5.75 Å². The number of hydrogen-bond acceptors (Lipinski definition) is 9. The highest BCUT2D eigenvalue weighted by Crippen LogP contribution is 2.37. The van der Waals surface area contributed by atoms with E-state index < -0.39 is 44.4 Å². The quantitative estimate of drug-likeness (QED) is 0.564. The first-order valence-electron chi connectivity index (χ1n) is 9.78. The molecule has 2 aromatic rings. The Bertz CT molecular complexity index is 1130. The first-order valence-corrected chi connectivity index (χ1v) is 11.7. The van der Waals surface area contributed by atoms with E-state index in [1.165, 1.54) is 6.07 Å². The van der Waals surface area contributed by atoms with Gasteiger partial charge in [0.05, 0.1) is 10.4 Å². The minimum absolute atomic E-state index is 0.157. The third kappa shape index (κ3) is 4.66. The van der Waals surface area contributed by atoms with E-state index in [0.717, 1.165) is 18.4 Å². The highest BCUT2D eigenvalue weighted by Gasteiger charge is 2.41. The van der Waals surface area contributed by atoms with E-state index >= 15 is 0 Å². The number of halogens is 1. The number of aromatic nitrogens is 2. The molecule has 12 heteroatoms. The predicted octanol–water partition coefficient (Wildman–Crippen LogP) is 0.928. The number of sulfone groups is 1. The van der Waals surface area contributed by atoms with Crippen LogP contribution < -0.4 is 5.32 Å². The molecule has 0 bridgehead atoms. The van der Waals surface area contributed by atoms with Crippen LogP contribution in [0.4, 0.5) is 4.39 Å². The Kier molecular flexibility index (Phi) is 6.67. The van der Waals surface area contributed by atoms with Crippen molar-refractivity contribution in [2.75, 3.05) is 33.6 Å². The maximum Gasteiger partial charge on any atom is 0.274 e. The van der Waals surface area contributed by atoms with Gasteiger partial charge in [-0.2, -0.15) is 4.98 Å². The predicted molar refractivity (Wildman–Crippen MR) is 111 cm³/mol. The van der Waals surface area contributed by atoms with E-state index in [2.05, 4.69) is 15.3 Å². The molecule has 1 aromatic carbocycles. The number of nitrogens with zero attached hydrogens (tertiary/aromatic N) is 3. The molecule has 10 nitrogen and oxygen atoms in total. The van der Waals surface area contributed by atoms with Crippen molar-refractivity contribution in [1.29, 1.82) is 0 Å². The van der Waals surface area contributed by atoms with Crippen LogP contribution in [0.15, 0.2) is 23.1 Å². The van der Waals surface area contributed by atoms with Gasteiger partial charge in [0.25, 0.3) is 11.8 Å². The molecule has 0 radical (unpaired) electrons. The number of carbonyl (C=O) groups is 1. The van der Waals surface area contributed by atoms with Crippen LogP contribution in [-0.4, -0.2) is 73.0 Å². The molecule has 0 aliphatic carbocycles. The molecule has 1 aliphatic heterocycles. The second kappa shape index (κ2) is 8.96. The summed E-state index contributed by atoms with van der Waals surface area (Å²) in [6.07, 6.45) is 1.96. The Hall–Kier alpha value is -2.83. The lowest BCUT2D eigenvalue weighted by atomic mass is 9.87. The molecule has 1 saturated heterocycles. The monoisotopic (exact) mass is 468 g/mol. The normalized spacial score (nSPS) is 16.2. The number of aromatic hydroxyl groups is 2. The van der Waals surface area contributed by atoms with Gasteiger partial charge in [-0.25, -0.2) is 17.8 Å². The minimum atomic E-state index is -3.75. The molecule has 32 heavy (non-hydrogen) atoms. The van der Waals surface area contributed by atoms with Crippen LogP contribution in [0.25, 0.3) is 0 Å². The number of nitrogens with one attached hydrogen (secondary N) is 1. The summed E-state index contributed by atoms with van der Waals surface area (Å²) in [7, 11) is -0.108. The van der Waals surface area contributed by atoms with Crippen LogP contribution in [0.3, 0.4) is 0 Å². The van der Waals surface area contributed by atoms with Crippen LogP contribution in [0.1, 0.15) is 34.7 Å². The van der Waals surface area contributed by atoms with E-state index in [1.807, 2.05) is 19.0 Å². The van der Waals surface area contributed by atoms with Crippen LogP contribution in [-0.2, 0) is 26.7 Å². The largest absolute Gasteiger partial charge is 0.501 e.